The molecule has 2 aromatic heterocycles. The third-order valence-electron chi connectivity index (χ3n) is 6.73. The Morgan fingerprint density at radius 3 is 2.23 bits per heavy atom. The van der Waals surface area contributed by atoms with Crippen LogP contribution in [-0.2, 0) is 14.2 Å². The topological polar surface area (TPSA) is 81.4 Å². The van der Waals surface area contributed by atoms with Gasteiger partial charge in [0, 0.05) is 54.4 Å². The Morgan fingerprint density at radius 1 is 1.07 bits per heavy atom. The van der Waals surface area contributed by atoms with Gasteiger partial charge >= 0.3 is 6.09 Å². The second kappa shape index (κ2) is 13.7. The lowest BCUT2D eigenvalue weighted by Crippen LogP contribution is -2.42. The van der Waals surface area contributed by atoms with E-state index < -0.39 is 21.7 Å². The van der Waals surface area contributed by atoms with Crippen LogP contribution in [0.1, 0.15) is 45.2 Å². The van der Waals surface area contributed by atoms with E-state index in [2.05, 4.69) is 71.3 Å². The monoisotopic (exact) mass is 655 g/mol. The third-order valence-corrected chi connectivity index (χ3v) is 10.7. The number of hydrogen-bond donors (Lipinski definition) is 0. The number of piperidine rings is 1. The van der Waals surface area contributed by atoms with E-state index in [4.69, 9.17) is 19.2 Å². The number of rotatable bonds is 12. The van der Waals surface area contributed by atoms with Gasteiger partial charge < -0.3 is 24.0 Å². The quantitative estimate of drug-likeness (QED) is 0.138. The molecule has 2 aromatic rings. The van der Waals surface area contributed by atoms with Crippen LogP contribution in [0, 0.1) is 0 Å². The Kier molecular flexibility index (Phi) is 11.3. The third kappa shape index (κ3) is 10.4. The molecule has 0 N–H and O–H groups in total. The molecule has 0 radical (unpaired) electrons. The van der Waals surface area contributed by atoms with Crippen LogP contribution in [0.2, 0.25) is 51.4 Å². The summed E-state index contributed by atoms with van der Waals surface area (Å²) in [4.78, 5) is 21.8. The summed E-state index contributed by atoms with van der Waals surface area (Å²) in [6.07, 6.45) is 3.36. The summed E-state index contributed by atoms with van der Waals surface area (Å²) in [7, 11) is -2.42. The molecule has 1 amide bonds. The van der Waals surface area contributed by atoms with E-state index in [9.17, 15) is 4.79 Å². The molecule has 0 aliphatic carbocycles. The van der Waals surface area contributed by atoms with Crippen LogP contribution in [0.4, 0.5) is 10.6 Å². The summed E-state index contributed by atoms with van der Waals surface area (Å²) in [5.41, 5.74) is 1.16. The van der Waals surface area contributed by atoms with Crippen molar-refractivity contribution in [1.29, 1.82) is 0 Å². The molecule has 3 rings (SSSR count). The number of carbonyl (C=O) groups is 1. The molecule has 1 fully saturated rings. The van der Waals surface area contributed by atoms with Crippen molar-refractivity contribution < 1.29 is 19.0 Å². The van der Waals surface area contributed by atoms with Gasteiger partial charge in [-0.25, -0.2) is 9.78 Å². The normalized spacial score (nSPS) is 16.9. The fourth-order valence-corrected chi connectivity index (χ4v) is 6.22. The van der Waals surface area contributed by atoms with Gasteiger partial charge in [0.15, 0.2) is 5.65 Å². The molecule has 0 bridgehead atoms. The molecule has 1 unspecified atom stereocenters. The van der Waals surface area contributed by atoms with Gasteiger partial charge in [0.05, 0.1) is 16.4 Å². The van der Waals surface area contributed by atoms with Gasteiger partial charge in [0.1, 0.15) is 24.9 Å². The van der Waals surface area contributed by atoms with Crippen molar-refractivity contribution in [2.45, 2.75) is 96.5 Å². The zero-order chi connectivity index (χ0) is 29.7. The molecule has 1 aliphatic rings. The Labute approximate surface area is 251 Å². The van der Waals surface area contributed by atoms with Crippen molar-refractivity contribution in [2.75, 3.05) is 44.7 Å². The number of anilines is 1. The van der Waals surface area contributed by atoms with Gasteiger partial charge in [0.2, 0.25) is 0 Å². The number of carbonyl (C=O) groups excluding carboxylic acids is 1. The first kappa shape index (κ1) is 33.0. The second-order valence-electron chi connectivity index (χ2n) is 14.3. The van der Waals surface area contributed by atoms with Crippen LogP contribution in [0.3, 0.4) is 0 Å². The Bertz CT molecular complexity index is 1100. The summed E-state index contributed by atoms with van der Waals surface area (Å²) in [5, 5.41) is 4.63. The number of ether oxygens (including phenoxy) is 3. The zero-order valence-electron chi connectivity index (χ0n) is 26.1. The Balaban J connectivity index is 1.87. The summed E-state index contributed by atoms with van der Waals surface area (Å²) in [6.45, 7) is 23.4. The van der Waals surface area contributed by atoms with E-state index in [1.807, 2.05) is 30.2 Å². The van der Waals surface area contributed by atoms with E-state index in [1.165, 1.54) is 0 Å². The van der Waals surface area contributed by atoms with Crippen LogP contribution in [-0.4, -0.2) is 87.1 Å². The average molecular weight is 657 g/mol. The first-order chi connectivity index (χ1) is 18.5. The van der Waals surface area contributed by atoms with Gasteiger partial charge in [-0.15, -0.1) is 0 Å². The van der Waals surface area contributed by atoms with Crippen molar-refractivity contribution in [2.24, 2.45) is 0 Å². The number of hydrogen-bond acceptors (Lipinski definition) is 7. The fourth-order valence-electron chi connectivity index (χ4n) is 4.36. The molecular formula is C28H50BrN5O4Si2. The van der Waals surface area contributed by atoms with E-state index in [1.54, 1.807) is 6.20 Å². The number of nitrogens with zero attached hydrogens (tertiary/aromatic N) is 5. The average Bonchev–Trinajstić information content (AvgIpc) is 3.21. The lowest BCUT2D eigenvalue weighted by molar-refractivity contribution is 0.0197. The smallest absolute Gasteiger partial charge is 0.410 e. The van der Waals surface area contributed by atoms with E-state index in [0.29, 0.717) is 26.6 Å². The van der Waals surface area contributed by atoms with Crippen molar-refractivity contribution >= 4 is 49.6 Å². The fraction of sp³-hybridized carbons (Fsp3) is 0.750. The van der Waals surface area contributed by atoms with Gasteiger partial charge in [-0.2, -0.15) is 9.61 Å². The maximum absolute atomic E-state index is 12.9. The number of likely N-dealkylation sites (tertiary alicyclic amines) is 1. The Hall–Kier alpha value is -1.48. The lowest BCUT2D eigenvalue weighted by atomic mass is 9.94. The standard InChI is InChI=1S/C28H50BrN5O4Si2/c1-28(2,3)38-27(35)32-12-10-11-22(19-32)24-17-25(34-26(31-24)23(29)18-30-34)33(20-36-13-15-39(4,5)6)21-37-14-16-40(7,8)9/h17-18,22H,10-16,19-21H2,1-9H3. The summed E-state index contributed by atoms with van der Waals surface area (Å²) < 4.78 is 20.8. The molecular weight excluding hydrogens is 606 g/mol. The molecule has 226 valence electrons. The number of fused-ring (bicyclic) bond motifs is 1. The first-order valence-electron chi connectivity index (χ1n) is 14.4. The van der Waals surface area contributed by atoms with E-state index >= 15 is 0 Å². The van der Waals surface area contributed by atoms with E-state index in [-0.39, 0.29) is 12.0 Å². The van der Waals surface area contributed by atoms with Gasteiger partial charge in [-0.3, -0.25) is 0 Å². The zero-order valence-corrected chi connectivity index (χ0v) is 29.6. The van der Waals surface area contributed by atoms with Crippen molar-refractivity contribution in [3.05, 3.63) is 22.4 Å². The van der Waals surface area contributed by atoms with Crippen molar-refractivity contribution in [1.82, 2.24) is 19.5 Å². The van der Waals surface area contributed by atoms with Crippen molar-refractivity contribution in [3.8, 4) is 0 Å². The lowest BCUT2D eigenvalue weighted by Gasteiger charge is -2.34. The Morgan fingerprint density at radius 2 is 1.68 bits per heavy atom. The van der Waals surface area contributed by atoms with Crippen LogP contribution >= 0.6 is 15.9 Å². The maximum atomic E-state index is 12.9. The largest absolute Gasteiger partial charge is 0.444 e. The van der Waals surface area contributed by atoms with Gasteiger partial charge in [-0.05, 0) is 61.6 Å². The van der Waals surface area contributed by atoms with Crippen LogP contribution in [0.5, 0.6) is 0 Å². The highest BCUT2D eigenvalue weighted by molar-refractivity contribution is 9.10. The minimum Gasteiger partial charge on any atom is -0.444 e. The molecule has 1 aliphatic heterocycles. The van der Waals surface area contributed by atoms with Crippen LogP contribution in [0.15, 0.2) is 16.7 Å². The molecule has 0 spiro atoms. The van der Waals surface area contributed by atoms with Gasteiger partial charge in [0.25, 0.3) is 0 Å². The predicted octanol–water partition coefficient (Wildman–Crippen LogP) is 7.04. The predicted molar refractivity (Wildman–Crippen MR) is 171 cm³/mol. The van der Waals surface area contributed by atoms with Crippen LogP contribution in [0.25, 0.3) is 5.65 Å². The molecule has 12 heteroatoms. The molecule has 1 saturated heterocycles. The highest BCUT2D eigenvalue weighted by atomic mass is 79.9. The highest BCUT2D eigenvalue weighted by Gasteiger charge is 2.30. The van der Waals surface area contributed by atoms with Gasteiger partial charge in [-0.1, -0.05) is 39.3 Å². The summed E-state index contributed by atoms with van der Waals surface area (Å²) in [6, 6.07) is 4.30. The minimum absolute atomic E-state index is 0.0919. The molecule has 0 saturated carbocycles. The number of halogens is 1. The molecule has 1 atom stereocenters. The number of aromatic nitrogens is 3. The summed E-state index contributed by atoms with van der Waals surface area (Å²) in [5.74, 6) is 0.968. The van der Waals surface area contributed by atoms with E-state index in [0.717, 1.165) is 59.8 Å². The summed E-state index contributed by atoms with van der Waals surface area (Å²) >= 11 is 3.65. The minimum atomic E-state index is -1.21. The molecule has 0 aromatic carbocycles. The second-order valence-corrected chi connectivity index (χ2v) is 26.4. The highest BCUT2D eigenvalue weighted by Crippen LogP contribution is 2.31. The van der Waals surface area contributed by atoms with Crippen LogP contribution < -0.4 is 4.90 Å². The molecule has 9 nitrogen and oxygen atoms in total. The van der Waals surface area contributed by atoms with Crippen molar-refractivity contribution in [3.63, 3.8) is 0 Å². The molecule has 3 heterocycles. The maximum Gasteiger partial charge on any atom is 0.410 e. The molecule has 40 heavy (non-hydrogen) atoms. The SMILES string of the molecule is CC(C)(C)OC(=O)N1CCCC(c2cc(N(COCC[Si](C)(C)C)COCC[Si](C)(C)C)n3ncc(Br)c3n2)C1. The number of amides is 1. The first-order valence-corrected chi connectivity index (χ1v) is 22.7.